The zero-order valence-corrected chi connectivity index (χ0v) is 10.6. The summed E-state index contributed by atoms with van der Waals surface area (Å²) in [5.74, 6) is -0.632. The van der Waals surface area contributed by atoms with Crippen molar-refractivity contribution in [2.45, 2.75) is 0 Å². The molecule has 1 rings (SSSR count). The fourth-order valence-electron chi connectivity index (χ4n) is 0.839. The van der Waals surface area contributed by atoms with Gasteiger partial charge in [-0.1, -0.05) is 0 Å². The molecule has 0 saturated carbocycles. The molecule has 0 saturated heterocycles. The molecule has 0 unspecified atom stereocenters. The van der Waals surface area contributed by atoms with Gasteiger partial charge in [-0.3, -0.25) is 14.7 Å². The van der Waals surface area contributed by atoms with E-state index in [1.54, 1.807) is 0 Å². The van der Waals surface area contributed by atoms with E-state index in [-0.39, 0.29) is 29.6 Å². The van der Waals surface area contributed by atoms with Gasteiger partial charge < -0.3 is 14.9 Å². The second-order valence-electron chi connectivity index (χ2n) is 2.47. The van der Waals surface area contributed by atoms with Crippen LogP contribution in [0.3, 0.4) is 0 Å². The molecule has 15 heavy (non-hydrogen) atoms. The summed E-state index contributed by atoms with van der Waals surface area (Å²) in [4.78, 5) is 26.8. The van der Waals surface area contributed by atoms with E-state index in [0.29, 0.717) is 6.07 Å². The first-order valence-electron chi connectivity index (χ1n) is 3.36. The fourth-order valence-corrected chi connectivity index (χ4v) is 1.40. The first-order chi connectivity index (χ1) is 6.32. The molecule has 0 aromatic heterocycles. The zero-order chi connectivity index (χ0) is 10.9. The summed E-state index contributed by atoms with van der Waals surface area (Å²) in [5, 5.41) is 18.8. The van der Waals surface area contributed by atoms with Crippen LogP contribution in [0.2, 0.25) is 0 Å². The number of rotatable bonds is 2. The average molecular weight is 242 g/mol. The van der Waals surface area contributed by atoms with Crippen molar-refractivity contribution in [3.8, 4) is 5.75 Å². The standard InChI is InChI=1S/C6H6NO6P.Na/c8-6-2-1-4(14(11,12)13)3-5(6)7(9)10;/h1-3,8H,(H2,11,12,13);/q;+1. The Balaban J connectivity index is 0.00000196. The second kappa shape index (κ2) is 5.07. The largest absolute Gasteiger partial charge is 1.00 e. The van der Waals surface area contributed by atoms with E-state index in [4.69, 9.17) is 14.9 Å². The third kappa shape index (κ3) is 3.57. The molecule has 0 aliphatic heterocycles. The van der Waals surface area contributed by atoms with Crippen LogP contribution in [0.5, 0.6) is 5.75 Å². The molecule has 0 amide bonds. The van der Waals surface area contributed by atoms with Gasteiger partial charge in [0.05, 0.1) is 10.2 Å². The summed E-state index contributed by atoms with van der Waals surface area (Å²) in [6, 6.07) is 2.45. The Labute approximate surface area is 106 Å². The Hall–Kier alpha value is -0.430. The maximum Gasteiger partial charge on any atom is 1.00 e. The molecule has 0 radical (unpaired) electrons. The van der Waals surface area contributed by atoms with Crippen molar-refractivity contribution < 1.29 is 53.9 Å². The van der Waals surface area contributed by atoms with E-state index < -0.39 is 29.3 Å². The molecule has 0 spiro atoms. The van der Waals surface area contributed by atoms with Crippen LogP contribution < -0.4 is 34.9 Å². The SMILES string of the molecule is O=[N+]([O-])c1cc(P(=O)(O)O)ccc1O.[Na+]. The van der Waals surface area contributed by atoms with E-state index in [2.05, 4.69) is 0 Å². The van der Waals surface area contributed by atoms with Crippen LogP contribution >= 0.6 is 7.60 Å². The number of aromatic hydroxyl groups is 1. The summed E-state index contributed by atoms with van der Waals surface area (Å²) in [6.07, 6.45) is 0. The predicted molar refractivity (Wildman–Crippen MR) is 46.4 cm³/mol. The molecule has 7 nitrogen and oxygen atoms in total. The normalized spacial score (nSPS) is 10.5. The Morgan fingerprint density at radius 3 is 2.27 bits per heavy atom. The van der Waals surface area contributed by atoms with Gasteiger partial charge in [-0.2, -0.15) is 0 Å². The van der Waals surface area contributed by atoms with Gasteiger partial charge in [-0.15, -0.1) is 0 Å². The molecule has 0 aliphatic carbocycles. The van der Waals surface area contributed by atoms with Gasteiger partial charge in [0.15, 0.2) is 5.75 Å². The minimum atomic E-state index is -4.52. The van der Waals surface area contributed by atoms with E-state index in [9.17, 15) is 14.7 Å². The van der Waals surface area contributed by atoms with Gasteiger partial charge in [0.25, 0.3) is 0 Å². The van der Waals surface area contributed by atoms with Crippen molar-refractivity contribution in [2.24, 2.45) is 0 Å². The molecule has 76 valence electrons. The Bertz CT molecular complexity index is 430. The zero-order valence-electron chi connectivity index (χ0n) is 7.69. The van der Waals surface area contributed by atoms with Crippen molar-refractivity contribution in [1.82, 2.24) is 0 Å². The molecule has 3 N–H and O–H groups in total. The first kappa shape index (κ1) is 14.6. The second-order valence-corrected chi connectivity index (χ2v) is 4.08. The number of nitro groups is 1. The van der Waals surface area contributed by atoms with Crippen LogP contribution in [-0.4, -0.2) is 19.8 Å². The van der Waals surface area contributed by atoms with Gasteiger partial charge in [-0.05, 0) is 12.1 Å². The summed E-state index contributed by atoms with van der Waals surface area (Å²) in [5.41, 5.74) is -0.731. The number of phenols is 1. The fraction of sp³-hybridized carbons (Fsp3) is 0. The first-order valence-corrected chi connectivity index (χ1v) is 4.97. The smallest absolute Gasteiger partial charge is 0.502 e. The molecular formula is C6H6NNaO6P+. The minimum Gasteiger partial charge on any atom is -0.502 e. The van der Waals surface area contributed by atoms with E-state index in [0.717, 1.165) is 12.1 Å². The van der Waals surface area contributed by atoms with Crippen molar-refractivity contribution in [2.75, 3.05) is 0 Å². The van der Waals surface area contributed by atoms with E-state index in [1.807, 2.05) is 0 Å². The van der Waals surface area contributed by atoms with E-state index >= 15 is 0 Å². The van der Waals surface area contributed by atoms with Gasteiger partial charge in [-0.25, -0.2) is 0 Å². The number of benzene rings is 1. The van der Waals surface area contributed by atoms with Gasteiger partial charge in [0, 0.05) is 6.07 Å². The summed E-state index contributed by atoms with van der Waals surface area (Å²) >= 11 is 0. The molecule has 1 aromatic rings. The molecule has 0 bridgehead atoms. The van der Waals surface area contributed by atoms with Crippen LogP contribution in [-0.2, 0) is 4.57 Å². The predicted octanol–water partition coefficient (Wildman–Crippen LogP) is -2.89. The molecule has 0 fully saturated rings. The van der Waals surface area contributed by atoms with Crippen LogP contribution in [0.4, 0.5) is 5.69 Å². The topological polar surface area (TPSA) is 121 Å². The molecule has 0 atom stereocenters. The van der Waals surface area contributed by atoms with Gasteiger partial charge in [0.2, 0.25) is 0 Å². The third-order valence-corrected chi connectivity index (χ3v) is 2.44. The molecule has 0 heterocycles. The van der Waals surface area contributed by atoms with Crippen LogP contribution in [0.15, 0.2) is 18.2 Å². The van der Waals surface area contributed by atoms with Gasteiger partial charge in [0.1, 0.15) is 0 Å². The monoisotopic (exact) mass is 242 g/mol. The molecular weight excluding hydrogens is 236 g/mol. The van der Waals surface area contributed by atoms with Crippen molar-refractivity contribution in [3.05, 3.63) is 28.3 Å². The minimum absolute atomic E-state index is 0. The third-order valence-electron chi connectivity index (χ3n) is 1.49. The number of nitro benzene ring substituents is 1. The van der Waals surface area contributed by atoms with Crippen molar-refractivity contribution in [1.29, 1.82) is 0 Å². The quantitative estimate of drug-likeness (QED) is 0.221. The Kier molecular flexibility index (Phi) is 4.92. The Morgan fingerprint density at radius 1 is 1.33 bits per heavy atom. The maximum atomic E-state index is 10.7. The summed E-state index contributed by atoms with van der Waals surface area (Å²) < 4.78 is 10.7. The van der Waals surface area contributed by atoms with Crippen LogP contribution in [0, 0.1) is 10.1 Å². The van der Waals surface area contributed by atoms with E-state index in [1.165, 1.54) is 0 Å². The van der Waals surface area contributed by atoms with Crippen molar-refractivity contribution in [3.63, 3.8) is 0 Å². The van der Waals surface area contributed by atoms with Crippen LogP contribution in [0.25, 0.3) is 0 Å². The number of nitrogens with zero attached hydrogens (tertiary/aromatic N) is 1. The average Bonchev–Trinajstić information content (AvgIpc) is 2.02. The molecule has 0 aliphatic rings. The number of hydrogen-bond acceptors (Lipinski definition) is 4. The van der Waals surface area contributed by atoms with Crippen molar-refractivity contribution >= 4 is 18.6 Å². The summed E-state index contributed by atoms with van der Waals surface area (Å²) in [7, 11) is -4.52. The molecule has 1 aromatic carbocycles. The summed E-state index contributed by atoms with van der Waals surface area (Å²) in [6.45, 7) is 0. The van der Waals surface area contributed by atoms with Gasteiger partial charge >= 0.3 is 42.8 Å². The Morgan fingerprint density at radius 2 is 1.87 bits per heavy atom. The number of hydrogen-bond donors (Lipinski definition) is 3. The number of phenolic OH excluding ortho intramolecular Hbond substituents is 1. The molecule has 9 heteroatoms. The van der Waals surface area contributed by atoms with Crippen LogP contribution in [0.1, 0.15) is 0 Å². The maximum absolute atomic E-state index is 10.7.